The molecule has 3 N–H and O–H groups in total. The molecule has 2 aliphatic heterocycles. The van der Waals surface area contributed by atoms with Crippen LogP contribution in [-0.4, -0.2) is 55.1 Å². The fraction of sp³-hybridized carbons (Fsp3) is 0.500. The van der Waals surface area contributed by atoms with E-state index in [-0.39, 0.29) is 24.6 Å². The van der Waals surface area contributed by atoms with Gasteiger partial charge in [-0.25, -0.2) is 9.59 Å². The molecular weight excluding hydrogens is 384 g/mol. The van der Waals surface area contributed by atoms with Crippen LogP contribution >= 0.6 is 0 Å². The van der Waals surface area contributed by atoms with Crippen molar-refractivity contribution in [2.45, 2.75) is 45.2 Å². The molecule has 2 aliphatic rings. The summed E-state index contributed by atoms with van der Waals surface area (Å²) in [6, 6.07) is 8.07. The lowest BCUT2D eigenvalue weighted by Gasteiger charge is -2.37. The number of rotatable bonds is 8. The van der Waals surface area contributed by atoms with E-state index in [1.54, 1.807) is 6.92 Å². The standard InChI is InChI=1S/C22H30N4O4/c1-3-5-11-17-20(27)23-12-13-26(17)14-16-18(21(28)30-4-2)19(25-22(29)24-16)15-9-7-6-8-10-15/h6-10,17,19H,3-5,11-14H2,1-2H3,(H,23,27)(H2,24,25,29). The number of nitrogens with zero attached hydrogens (tertiary/aromatic N) is 1. The van der Waals surface area contributed by atoms with E-state index >= 15 is 0 Å². The fourth-order valence-corrected chi connectivity index (χ4v) is 3.95. The van der Waals surface area contributed by atoms with Gasteiger partial charge in [0.05, 0.1) is 24.3 Å². The van der Waals surface area contributed by atoms with Gasteiger partial charge >= 0.3 is 12.0 Å². The van der Waals surface area contributed by atoms with Crippen molar-refractivity contribution in [2.24, 2.45) is 0 Å². The summed E-state index contributed by atoms with van der Waals surface area (Å²) in [5, 5.41) is 8.55. The molecular formula is C22H30N4O4. The molecule has 0 aromatic heterocycles. The topological polar surface area (TPSA) is 99.8 Å². The minimum Gasteiger partial charge on any atom is -0.463 e. The number of piperazine rings is 1. The average Bonchev–Trinajstić information content (AvgIpc) is 2.74. The summed E-state index contributed by atoms with van der Waals surface area (Å²) in [5.41, 5.74) is 1.66. The Hall–Kier alpha value is -2.87. The van der Waals surface area contributed by atoms with Crippen molar-refractivity contribution in [3.8, 4) is 0 Å². The zero-order valence-corrected chi connectivity index (χ0v) is 17.6. The molecule has 2 heterocycles. The third kappa shape index (κ3) is 4.99. The van der Waals surface area contributed by atoms with Gasteiger partial charge in [0.25, 0.3) is 0 Å². The number of hydrogen-bond donors (Lipinski definition) is 3. The van der Waals surface area contributed by atoms with Crippen molar-refractivity contribution in [3.63, 3.8) is 0 Å². The van der Waals surface area contributed by atoms with E-state index in [9.17, 15) is 14.4 Å². The Morgan fingerprint density at radius 2 is 1.97 bits per heavy atom. The van der Waals surface area contributed by atoms with Crippen LogP contribution in [0.4, 0.5) is 4.79 Å². The highest BCUT2D eigenvalue weighted by Crippen LogP contribution is 2.28. The van der Waals surface area contributed by atoms with Gasteiger partial charge in [0.15, 0.2) is 0 Å². The molecule has 1 fully saturated rings. The van der Waals surface area contributed by atoms with Crippen LogP contribution in [0.5, 0.6) is 0 Å². The van der Waals surface area contributed by atoms with Gasteiger partial charge in [-0.05, 0) is 18.9 Å². The van der Waals surface area contributed by atoms with E-state index in [1.165, 1.54) is 0 Å². The zero-order valence-electron chi connectivity index (χ0n) is 17.6. The van der Waals surface area contributed by atoms with Crippen LogP contribution in [0.15, 0.2) is 41.6 Å². The molecule has 1 aromatic carbocycles. The van der Waals surface area contributed by atoms with Crippen LogP contribution in [0.1, 0.15) is 44.7 Å². The second-order valence-corrected chi connectivity index (χ2v) is 7.47. The number of hydrogen-bond acceptors (Lipinski definition) is 5. The van der Waals surface area contributed by atoms with Crippen molar-refractivity contribution in [1.82, 2.24) is 20.9 Å². The van der Waals surface area contributed by atoms with Crippen molar-refractivity contribution in [3.05, 3.63) is 47.2 Å². The summed E-state index contributed by atoms with van der Waals surface area (Å²) in [5.74, 6) is -0.478. The lowest BCUT2D eigenvalue weighted by Crippen LogP contribution is -2.57. The average molecular weight is 415 g/mol. The second kappa shape index (κ2) is 10.2. The molecule has 162 valence electrons. The molecule has 2 atom stereocenters. The van der Waals surface area contributed by atoms with Crippen LogP contribution in [0, 0.1) is 0 Å². The van der Waals surface area contributed by atoms with E-state index in [0.29, 0.717) is 30.9 Å². The van der Waals surface area contributed by atoms with Crippen LogP contribution in [0.2, 0.25) is 0 Å². The lowest BCUT2D eigenvalue weighted by molar-refractivity contribution is -0.139. The quantitative estimate of drug-likeness (QED) is 0.564. The van der Waals surface area contributed by atoms with E-state index in [0.717, 1.165) is 24.8 Å². The molecule has 1 saturated heterocycles. The molecule has 8 nitrogen and oxygen atoms in total. The first-order valence-electron chi connectivity index (χ1n) is 10.6. The highest BCUT2D eigenvalue weighted by molar-refractivity contribution is 5.95. The fourth-order valence-electron chi connectivity index (χ4n) is 3.95. The van der Waals surface area contributed by atoms with Gasteiger partial charge in [-0.3, -0.25) is 9.69 Å². The van der Waals surface area contributed by atoms with Gasteiger partial charge in [0.2, 0.25) is 5.91 Å². The van der Waals surface area contributed by atoms with Crippen molar-refractivity contribution < 1.29 is 19.1 Å². The number of urea groups is 1. The molecule has 0 saturated carbocycles. The lowest BCUT2D eigenvalue weighted by atomic mass is 9.94. The third-order valence-electron chi connectivity index (χ3n) is 5.42. The van der Waals surface area contributed by atoms with Crippen LogP contribution in [0.25, 0.3) is 0 Å². The monoisotopic (exact) mass is 414 g/mol. The Bertz CT molecular complexity index is 809. The molecule has 0 spiro atoms. The molecule has 3 amide bonds. The molecule has 8 heteroatoms. The summed E-state index contributed by atoms with van der Waals surface area (Å²) in [6.45, 7) is 5.56. The summed E-state index contributed by atoms with van der Waals surface area (Å²) >= 11 is 0. The Morgan fingerprint density at radius 3 is 2.67 bits per heavy atom. The first-order valence-corrected chi connectivity index (χ1v) is 10.6. The SMILES string of the molecule is CCCCC1C(=O)NCCN1CC1=C(C(=O)OCC)C(c2ccccc2)NC(=O)N1. The van der Waals surface area contributed by atoms with Gasteiger partial charge in [0, 0.05) is 25.3 Å². The van der Waals surface area contributed by atoms with Crippen molar-refractivity contribution in [2.75, 3.05) is 26.2 Å². The summed E-state index contributed by atoms with van der Waals surface area (Å²) in [7, 11) is 0. The Morgan fingerprint density at radius 1 is 1.20 bits per heavy atom. The van der Waals surface area contributed by atoms with Crippen LogP contribution < -0.4 is 16.0 Å². The summed E-state index contributed by atoms with van der Waals surface area (Å²) in [4.78, 5) is 39.8. The van der Waals surface area contributed by atoms with E-state index in [2.05, 4.69) is 22.9 Å². The van der Waals surface area contributed by atoms with Gasteiger partial charge in [-0.1, -0.05) is 50.1 Å². The number of ether oxygens (including phenoxy) is 1. The Labute approximate surface area is 177 Å². The molecule has 3 rings (SSSR count). The first kappa shape index (κ1) is 21.8. The third-order valence-corrected chi connectivity index (χ3v) is 5.42. The maximum absolute atomic E-state index is 12.9. The van der Waals surface area contributed by atoms with Crippen molar-refractivity contribution in [1.29, 1.82) is 0 Å². The number of nitrogens with one attached hydrogen (secondary N) is 3. The van der Waals surface area contributed by atoms with Crippen LogP contribution in [0.3, 0.4) is 0 Å². The van der Waals surface area contributed by atoms with Gasteiger partial charge in [-0.2, -0.15) is 0 Å². The highest BCUT2D eigenvalue weighted by atomic mass is 16.5. The predicted octanol–water partition coefficient (Wildman–Crippen LogP) is 1.85. The molecule has 1 aromatic rings. The number of carbonyl (C=O) groups excluding carboxylic acids is 3. The molecule has 0 radical (unpaired) electrons. The molecule has 0 aliphatic carbocycles. The highest BCUT2D eigenvalue weighted by Gasteiger charge is 2.36. The Balaban J connectivity index is 1.96. The Kier molecular flexibility index (Phi) is 7.46. The minimum atomic E-state index is -0.610. The van der Waals surface area contributed by atoms with Gasteiger partial charge < -0.3 is 20.7 Å². The molecule has 30 heavy (non-hydrogen) atoms. The zero-order chi connectivity index (χ0) is 21.5. The number of carbonyl (C=O) groups is 3. The summed E-state index contributed by atoms with van der Waals surface area (Å²) in [6.07, 6.45) is 2.66. The van der Waals surface area contributed by atoms with Gasteiger partial charge in [0.1, 0.15) is 0 Å². The predicted molar refractivity (Wildman–Crippen MR) is 112 cm³/mol. The smallest absolute Gasteiger partial charge is 0.338 e. The van der Waals surface area contributed by atoms with Gasteiger partial charge in [-0.15, -0.1) is 0 Å². The molecule has 2 unspecified atom stereocenters. The van der Waals surface area contributed by atoms with E-state index in [4.69, 9.17) is 4.74 Å². The minimum absolute atomic E-state index is 0.00662. The van der Waals surface area contributed by atoms with E-state index in [1.807, 2.05) is 35.2 Å². The number of benzene rings is 1. The number of unbranched alkanes of at least 4 members (excludes halogenated alkanes) is 1. The maximum atomic E-state index is 12.9. The van der Waals surface area contributed by atoms with E-state index < -0.39 is 12.0 Å². The van der Waals surface area contributed by atoms with Crippen LogP contribution in [-0.2, 0) is 14.3 Å². The number of amides is 3. The second-order valence-electron chi connectivity index (χ2n) is 7.47. The summed E-state index contributed by atoms with van der Waals surface area (Å²) < 4.78 is 5.31. The first-order chi connectivity index (χ1) is 14.5. The maximum Gasteiger partial charge on any atom is 0.338 e. The molecule has 0 bridgehead atoms. The number of esters is 1. The normalized spacial score (nSPS) is 22.2. The van der Waals surface area contributed by atoms with Crippen molar-refractivity contribution >= 4 is 17.9 Å². The largest absolute Gasteiger partial charge is 0.463 e.